The van der Waals surface area contributed by atoms with Crippen molar-refractivity contribution in [2.75, 3.05) is 17.7 Å². The molecule has 11 heteroatoms. The summed E-state index contributed by atoms with van der Waals surface area (Å²) in [6.45, 7) is 2.10. The number of nitrogens with zero attached hydrogens (tertiary/aromatic N) is 4. The van der Waals surface area contributed by atoms with E-state index in [1.807, 2.05) is 47.1 Å². The highest BCUT2D eigenvalue weighted by atomic mass is 32.2. The summed E-state index contributed by atoms with van der Waals surface area (Å²) in [5.74, 6) is 0.326. The molecule has 1 amide bonds. The molecule has 3 heterocycles. The average molecular weight is 486 g/mol. The molecule has 0 saturated carbocycles. The summed E-state index contributed by atoms with van der Waals surface area (Å²) in [5.41, 5.74) is 2.45. The monoisotopic (exact) mass is 485 g/mol. The molecule has 0 bridgehead atoms. The molecule has 0 unspecified atom stereocenters. The molecule has 8 nitrogen and oxygen atoms in total. The second kappa shape index (κ2) is 10.6. The fourth-order valence-electron chi connectivity index (χ4n) is 2.73. The molecule has 4 aromatic rings. The maximum atomic E-state index is 12.5. The summed E-state index contributed by atoms with van der Waals surface area (Å²) < 4.78 is 7.47. The van der Waals surface area contributed by atoms with Crippen molar-refractivity contribution in [2.24, 2.45) is 0 Å². The van der Waals surface area contributed by atoms with Crippen LogP contribution in [0.15, 0.2) is 64.1 Å². The molecule has 32 heavy (non-hydrogen) atoms. The first-order chi connectivity index (χ1) is 15.6. The normalized spacial score (nSPS) is 10.9. The van der Waals surface area contributed by atoms with Crippen LogP contribution in [0.2, 0.25) is 0 Å². The molecule has 4 rings (SSSR count). The number of nitrogens with one attached hydrogen (secondary N) is 1. The Bertz CT molecular complexity index is 1190. The van der Waals surface area contributed by atoms with Gasteiger partial charge < -0.3 is 9.14 Å². The Morgan fingerprint density at radius 3 is 2.75 bits per heavy atom. The van der Waals surface area contributed by atoms with Crippen molar-refractivity contribution >= 4 is 57.5 Å². The molecule has 1 N–H and O–H groups in total. The van der Waals surface area contributed by atoms with Crippen LogP contribution in [0.3, 0.4) is 0 Å². The first-order valence-corrected chi connectivity index (χ1v) is 12.5. The molecule has 0 aliphatic carbocycles. The van der Waals surface area contributed by atoms with Gasteiger partial charge in [-0.1, -0.05) is 29.2 Å². The lowest BCUT2D eigenvalue weighted by atomic mass is 10.2. The number of thioether (sulfide) groups is 2. The van der Waals surface area contributed by atoms with Gasteiger partial charge in [0.2, 0.25) is 5.13 Å². The molecule has 0 aliphatic heterocycles. The summed E-state index contributed by atoms with van der Waals surface area (Å²) in [6, 6.07) is 13.3. The molecule has 0 atom stereocenters. The van der Waals surface area contributed by atoms with Gasteiger partial charge in [0.25, 0.3) is 5.91 Å². The molecule has 3 aromatic heterocycles. The molecule has 0 aliphatic rings. The largest absolute Gasteiger partial charge is 0.465 e. The maximum Gasteiger partial charge on any atom is 0.316 e. The number of aromatic nitrogens is 4. The van der Waals surface area contributed by atoms with Gasteiger partial charge in [0.05, 0.1) is 18.1 Å². The van der Waals surface area contributed by atoms with Crippen LogP contribution in [0, 0.1) is 0 Å². The number of rotatable bonds is 9. The summed E-state index contributed by atoms with van der Waals surface area (Å²) >= 11 is 4.10. The van der Waals surface area contributed by atoms with Crippen molar-refractivity contribution in [1.29, 1.82) is 0 Å². The predicted molar refractivity (Wildman–Crippen MR) is 126 cm³/mol. The lowest BCUT2D eigenvalue weighted by molar-refractivity contribution is -0.139. The first kappa shape index (κ1) is 22.3. The SMILES string of the molecule is CCOC(=O)CSc1nnc(NC(=O)c2ccc(SCc3cn4ccccc4n3)cc2)s1. The van der Waals surface area contributed by atoms with Crippen LogP contribution in [0.25, 0.3) is 5.65 Å². The highest BCUT2D eigenvalue weighted by Crippen LogP contribution is 2.26. The van der Waals surface area contributed by atoms with Crippen LogP contribution >= 0.6 is 34.9 Å². The number of carbonyl (C=O) groups is 2. The van der Waals surface area contributed by atoms with Crippen molar-refractivity contribution in [1.82, 2.24) is 19.6 Å². The van der Waals surface area contributed by atoms with E-state index in [9.17, 15) is 9.59 Å². The lowest BCUT2D eigenvalue weighted by Crippen LogP contribution is -2.11. The third-order valence-corrected chi connectivity index (χ3v) is 7.15. The van der Waals surface area contributed by atoms with Crippen LogP contribution in [-0.4, -0.2) is 43.8 Å². The van der Waals surface area contributed by atoms with Gasteiger partial charge in [-0.25, -0.2) is 4.98 Å². The topological polar surface area (TPSA) is 98.5 Å². The molecule has 0 radical (unpaired) electrons. The second-order valence-electron chi connectivity index (χ2n) is 6.43. The second-order valence-corrected chi connectivity index (χ2v) is 9.68. The van der Waals surface area contributed by atoms with E-state index in [0.29, 0.717) is 21.6 Å². The zero-order valence-corrected chi connectivity index (χ0v) is 19.5. The van der Waals surface area contributed by atoms with Gasteiger partial charge in [0.15, 0.2) is 4.34 Å². The molecular weight excluding hydrogens is 466 g/mol. The van der Waals surface area contributed by atoms with Gasteiger partial charge in [-0.3, -0.25) is 14.9 Å². The molecule has 164 valence electrons. The quantitative estimate of drug-likeness (QED) is 0.212. The number of anilines is 1. The van der Waals surface area contributed by atoms with Gasteiger partial charge in [-0.2, -0.15) is 0 Å². The summed E-state index contributed by atoms with van der Waals surface area (Å²) in [7, 11) is 0. The maximum absolute atomic E-state index is 12.5. The Labute approximate surface area is 196 Å². The number of ether oxygens (including phenoxy) is 1. The number of benzene rings is 1. The highest BCUT2D eigenvalue weighted by Gasteiger charge is 2.12. The minimum atomic E-state index is -0.308. The Balaban J connectivity index is 1.29. The van der Waals surface area contributed by atoms with Crippen LogP contribution in [0.4, 0.5) is 5.13 Å². The predicted octanol–water partition coefficient (Wildman–Crippen LogP) is 4.39. The van der Waals surface area contributed by atoms with E-state index in [1.165, 1.54) is 23.1 Å². The molecular formula is C21H19N5O3S3. The van der Waals surface area contributed by atoms with Gasteiger partial charge >= 0.3 is 5.97 Å². The van der Waals surface area contributed by atoms with E-state index in [0.717, 1.165) is 22.0 Å². The van der Waals surface area contributed by atoms with Crippen molar-refractivity contribution in [3.05, 3.63) is 66.1 Å². The van der Waals surface area contributed by atoms with Gasteiger partial charge in [-0.05, 0) is 43.3 Å². The lowest BCUT2D eigenvalue weighted by Gasteiger charge is -2.03. The van der Waals surface area contributed by atoms with E-state index >= 15 is 0 Å². The van der Waals surface area contributed by atoms with Crippen molar-refractivity contribution in [3.63, 3.8) is 0 Å². The summed E-state index contributed by atoms with van der Waals surface area (Å²) in [4.78, 5) is 29.6. The average Bonchev–Trinajstić information content (AvgIpc) is 3.43. The minimum absolute atomic E-state index is 0.157. The highest BCUT2D eigenvalue weighted by molar-refractivity contribution is 8.01. The van der Waals surface area contributed by atoms with Gasteiger partial charge in [0.1, 0.15) is 5.65 Å². The van der Waals surface area contributed by atoms with Crippen molar-refractivity contribution in [3.8, 4) is 0 Å². The number of pyridine rings is 1. The van der Waals surface area contributed by atoms with Crippen LogP contribution in [0.5, 0.6) is 0 Å². The van der Waals surface area contributed by atoms with Gasteiger partial charge in [0, 0.05) is 28.6 Å². The van der Waals surface area contributed by atoms with E-state index in [4.69, 9.17) is 4.74 Å². The molecule has 1 aromatic carbocycles. The van der Waals surface area contributed by atoms with E-state index in [2.05, 4.69) is 20.5 Å². The van der Waals surface area contributed by atoms with E-state index < -0.39 is 0 Å². The Morgan fingerprint density at radius 1 is 1.12 bits per heavy atom. The fraction of sp³-hybridized carbons (Fsp3) is 0.190. The standard InChI is InChI=1S/C21H19N5O3S3/c1-2-29-18(27)13-31-21-25-24-20(32-21)23-19(28)14-6-8-16(9-7-14)30-12-15-11-26-10-4-3-5-17(26)22-15/h3-11H,2,12-13H2,1H3,(H,23,24,28). The molecule has 0 saturated heterocycles. The zero-order chi connectivity index (χ0) is 22.3. The van der Waals surface area contributed by atoms with Crippen molar-refractivity contribution < 1.29 is 14.3 Å². The smallest absolute Gasteiger partial charge is 0.316 e. The van der Waals surface area contributed by atoms with E-state index in [-0.39, 0.29) is 17.6 Å². The zero-order valence-electron chi connectivity index (χ0n) is 17.1. The third-order valence-electron chi connectivity index (χ3n) is 4.16. The van der Waals surface area contributed by atoms with E-state index in [1.54, 1.807) is 30.8 Å². The number of imidazole rings is 1. The molecule has 0 spiro atoms. The summed E-state index contributed by atoms with van der Waals surface area (Å²) in [5, 5.41) is 11.1. The molecule has 0 fully saturated rings. The Morgan fingerprint density at radius 2 is 1.97 bits per heavy atom. The number of amides is 1. The summed E-state index contributed by atoms with van der Waals surface area (Å²) in [6.07, 6.45) is 4.00. The van der Waals surface area contributed by atoms with Crippen LogP contribution in [-0.2, 0) is 15.3 Å². The third kappa shape index (κ3) is 5.87. The number of carbonyl (C=O) groups excluding carboxylic acids is 2. The Hall–Kier alpha value is -2.89. The number of hydrogen-bond acceptors (Lipinski definition) is 9. The Kier molecular flexibility index (Phi) is 7.40. The van der Waals surface area contributed by atoms with Crippen LogP contribution < -0.4 is 5.32 Å². The first-order valence-electron chi connectivity index (χ1n) is 9.69. The minimum Gasteiger partial charge on any atom is -0.465 e. The number of fused-ring (bicyclic) bond motifs is 1. The van der Waals surface area contributed by atoms with Crippen molar-refractivity contribution in [2.45, 2.75) is 21.9 Å². The number of esters is 1. The fourth-order valence-corrected chi connectivity index (χ4v) is 5.05. The van der Waals surface area contributed by atoms with Gasteiger partial charge in [-0.15, -0.1) is 22.0 Å². The number of hydrogen-bond donors (Lipinski definition) is 1. The van der Waals surface area contributed by atoms with Crippen LogP contribution in [0.1, 0.15) is 23.0 Å².